The fourth-order valence-electron chi connectivity index (χ4n) is 2.47. The number of benzene rings is 2. The Morgan fingerprint density at radius 2 is 1.57 bits per heavy atom. The molecule has 1 N–H and O–H groups in total. The fraction of sp³-hybridized carbons (Fsp3) is 0.368. The number of aryl methyl sites for hydroxylation is 1. The molecule has 2 rings (SSSR count). The second-order valence-corrected chi connectivity index (χ2v) is 5.95. The van der Waals surface area contributed by atoms with Crippen LogP contribution in [0.15, 0.2) is 48.5 Å². The maximum atomic E-state index is 3.51. The van der Waals surface area contributed by atoms with Gasteiger partial charge in [0.2, 0.25) is 0 Å². The smallest absolute Gasteiger partial charge is 0.0428 e. The van der Waals surface area contributed by atoms with E-state index in [-0.39, 0.29) is 0 Å². The zero-order chi connectivity index (χ0) is 15.2. The predicted octanol–water partition coefficient (Wildman–Crippen LogP) is 4.13. The van der Waals surface area contributed by atoms with Crippen molar-refractivity contribution < 1.29 is 0 Å². The van der Waals surface area contributed by atoms with Crippen LogP contribution in [0, 0.1) is 6.92 Å². The lowest BCUT2D eigenvalue weighted by atomic mass is 10.1. The van der Waals surface area contributed by atoms with E-state index >= 15 is 0 Å². The van der Waals surface area contributed by atoms with Crippen LogP contribution in [0.3, 0.4) is 0 Å². The topological polar surface area (TPSA) is 15.3 Å². The Labute approximate surface area is 128 Å². The summed E-state index contributed by atoms with van der Waals surface area (Å²) in [6, 6.07) is 17.7. The number of rotatable bonds is 6. The first-order valence-electron chi connectivity index (χ1n) is 7.65. The number of nitrogens with one attached hydrogen (secondary N) is 1. The maximum absolute atomic E-state index is 3.51. The van der Waals surface area contributed by atoms with E-state index in [1.165, 1.54) is 22.4 Å². The first-order valence-corrected chi connectivity index (χ1v) is 7.65. The van der Waals surface area contributed by atoms with E-state index in [2.05, 4.69) is 86.6 Å². The third-order valence-electron chi connectivity index (χ3n) is 3.77. The minimum absolute atomic E-state index is 0.500. The molecule has 0 saturated heterocycles. The fourth-order valence-corrected chi connectivity index (χ4v) is 2.47. The third-order valence-corrected chi connectivity index (χ3v) is 3.77. The molecule has 2 aromatic carbocycles. The molecule has 0 aliphatic carbocycles. The molecule has 0 atom stereocenters. The average Bonchev–Trinajstić information content (AvgIpc) is 2.47. The minimum Gasteiger partial charge on any atom is -0.370 e. The van der Waals surface area contributed by atoms with Crippen molar-refractivity contribution in [1.82, 2.24) is 5.32 Å². The molecule has 0 fully saturated rings. The molecule has 2 nitrogen and oxygen atoms in total. The third kappa shape index (κ3) is 4.33. The summed E-state index contributed by atoms with van der Waals surface area (Å²) in [4.78, 5) is 2.33. The molecule has 21 heavy (non-hydrogen) atoms. The highest BCUT2D eigenvalue weighted by Gasteiger charge is 2.08. The van der Waals surface area contributed by atoms with Crippen molar-refractivity contribution in [3.63, 3.8) is 0 Å². The summed E-state index contributed by atoms with van der Waals surface area (Å²) in [5, 5.41) is 3.51. The summed E-state index contributed by atoms with van der Waals surface area (Å²) >= 11 is 0. The molecule has 0 aliphatic heterocycles. The lowest BCUT2D eigenvalue weighted by Crippen LogP contribution is -2.24. The molecule has 112 valence electrons. The summed E-state index contributed by atoms with van der Waals surface area (Å²) in [5.41, 5.74) is 5.38. The zero-order valence-corrected chi connectivity index (χ0v) is 13.6. The summed E-state index contributed by atoms with van der Waals surface area (Å²) in [7, 11) is 2.17. The van der Waals surface area contributed by atoms with E-state index in [1.54, 1.807) is 0 Å². The molecular formula is C19H26N2. The van der Waals surface area contributed by atoms with E-state index in [1.807, 2.05) is 0 Å². The van der Waals surface area contributed by atoms with Crippen LogP contribution in [0.1, 0.15) is 30.5 Å². The standard InChI is InChI=1S/C19H26N2/c1-15(2)20-13-17-10-7-8-12-19(17)21(4)14-18-11-6-5-9-16(18)3/h5-12,15,20H,13-14H2,1-4H3. The molecule has 0 aliphatic rings. The molecule has 0 aromatic heterocycles. The van der Waals surface area contributed by atoms with Crippen LogP contribution in [-0.2, 0) is 13.1 Å². The van der Waals surface area contributed by atoms with E-state index in [9.17, 15) is 0 Å². The second-order valence-electron chi connectivity index (χ2n) is 5.95. The van der Waals surface area contributed by atoms with E-state index < -0.39 is 0 Å². The van der Waals surface area contributed by atoms with Gasteiger partial charge in [0.15, 0.2) is 0 Å². The molecule has 0 spiro atoms. The van der Waals surface area contributed by atoms with Crippen LogP contribution in [0.5, 0.6) is 0 Å². The number of anilines is 1. The van der Waals surface area contributed by atoms with Gasteiger partial charge >= 0.3 is 0 Å². The molecule has 0 saturated carbocycles. The van der Waals surface area contributed by atoms with Gasteiger partial charge in [-0.15, -0.1) is 0 Å². The van der Waals surface area contributed by atoms with Crippen molar-refractivity contribution >= 4 is 5.69 Å². The van der Waals surface area contributed by atoms with Gasteiger partial charge in [0.1, 0.15) is 0 Å². The monoisotopic (exact) mass is 282 g/mol. The molecule has 2 heteroatoms. The quantitative estimate of drug-likeness (QED) is 0.857. The Balaban J connectivity index is 2.15. The second kappa shape index (κ2) is 7.28. The van der Waals surface area contributed by atoms with Gasteiger partial charge in [0.25, 0.3) is 0 Å². The van der Waals surface area contributed by atoms with Crippen molar-refractivity contribution in [3.05, 3.63) is 65.2 Å². The minimum atomic E-state index is 0.500. The van der Waals surface area contributed by atoms with Crippen LogP contribution < -0.4 is 10.2 Å². The molecule has 2 aromatic rings. The van der Waals surface area contributed by atoms with Crippen molar-refractivity contribution in [1.29, 1.82) is 0 Å². The molecular weight excluding hydrogens is 256 g/mol. The van der Waals surface area contributed by atoms with E-state index in [4.69, 9.17) is 0 Å². The van der Waals surface area contributed by atoms with Gasteiger partial charge in [-0.1, -0.05) is 56.3 Å². The number of hydrogen-bond acceptors (Lipinski definition) is 2. The highest BCUT2D eigenvalue weighted by atomic mass is 15.1. The van der Waals surface area contributed by atoms with Gasteiger partial charge in [0, 0.05) is 31.9 Å². The van der Waals surface area contributed by atoms with Gasteiger partial charge < -0.3 is 10.2 Å². The Kier molecular flexibility index (Phi) is 5.40. The molecule has 0 bridgehead atoms. The lowest BCUT2D eigenvalue weighted by Gasteiger charge is -2.24. The molecule has 0 heterocycles. The Bertz CT molecular complexity index is 575. The van der Waals surface area contributed by atoms with Gasteiger partial charge in [-0.25, -0.2) is 0 Å². The lowest BCUT2D eigenvalue weighted by molar-refractivity contribution is 0.588. The molecule has 0 radical (unpaired) electrons. The van der Waals surface area contributed by atoms with Crippen LogP contribution in [-0.4, -0.2) is 13.1 Å². The molecule has 0 amide bonds. The summed E-state index contributed by atoms with van der Waals surface area (Å²) in [6.45, 7) is 8.38. The maximum Gasteiger partial charge on any atom is 0.0428 e. The first kappa shape index (κ1) is 15.6. The van der Waals surface area contributed by atoms with Crippen LogP contribution >= 0.6 is 0 Å². The van der Waals surface area contributed by atoms with Gasteiger partial charge in [-0.05, 0) is 29.7 Å². The van der Waals surface area contributed by atoms with Gasteiger partial charge in [-0.2, -0.15) is 0 Å². The van der Waals surface area contributed by atoms with Crippen LogP contribution in [0.25, 0.3) is 0 Å². The zero-order valence-electron chi connectivity index (χ0n) is 13.6. The average molecular weight is 282 g/mol. The SMILES string of the molecule is Cc1ccccc1CN(C)c1ccccc1CNC(C)C. The van der Waals surface area contributed by atoms with Gasteiger partial charge in [-0.3, -0.25) is 0 Å². The van der Waals surface area contributed by atoms with Crippen molar-refractivity contribution in [2.75, 3.05) is 11.9 Å². The number of nitrogens with zero attached hydrogens (tertiary/aromatic N) is 1. The number of hydrogen-bond donors (Lipinski definition) is 1. The summed E-state index contributed by atoms with van der Waals surface area (Å²) in [5.74, 6) is 0. The Morgan fingerprint density at radius 1 is 0.952 bits per heavy atom. The Morgan fingerprint density at radius 3 is 2.24 bits per heavy atom. The van der Waals surface area contributed by atoms with E-state index in [0.29, 0.717) is 6.04 Å². The number of para-hydroxylation sites is 1. The largest absolute Gasteiger partial charge is 0.370 e. The van der Waals surface area contributed by atoms with E-state index in [0.717, 1.165) is 13.1 Å². The summed E-state index contributed by atoms with van der Waals surface area (Å²) in [6.07, 6.45) is 0. The molecule has 0 unspecified atom stereocenters. The van der Waals surface area contributed by atoms with Crippen molar-refractivity contribution in [3.8, 4) is 0 Å². The first-order chi connectivity index (χ1) is 10.1. The van der Waals surface area contributed by atoms with Gasteiger partial charge in [0.05, 0.1) is 0 Å². The van der Waals surface area contributed by atoms with Crippen molar-refractivity contribution in [2.45, 2.75) is 39.9 Å². The van der Waals surface area contributed by atoms with Crippen LogP contribution in [0.4, 0.5) is 5.69 Å². The highest BCUT2D eigenvalue weighted by Crippen LogP contribution is 2.22. The normalized spacial score (nSPS) is 10.9. The Hall–Kier alpha value is -1.80. The predicted molar refractivity (Wildman–Crippen MR) is 91.7 cm³/mol. The van der Waals surface area contributed by atoms with Crippen LogP contribution in [0.2, 0.25) is 0 Å². The summed E-state index contributed by atoms with van der Waals surface area (Å²) < 4.78 is 0. The van der Waals surface area contributed by atoms with Crippen molar-refractivity contribution in [2.24, 2.45) is 0 Å². The highest BCUT2D eigenvalue weighted by molar-refractivity contribution is 5.53.